The van der Waals surface area contributed by atoms with Crippen molar-refractivity contribution in [3.63, 3.8) is 0 Å². The quantitative estimate of drug-likeness (QED) is 0.812. The standard InChI is InChI=1S/C14H24N2O2S2/c1-9-7-14(12(4)19-9)11(3)16-20(17,18)10(2)8-15-13-5-6-13/h7,10-11,13,15-16H,5-6,8H2,1-4H3. The van der Waals surface area contributed by atoms with Gasteiger partial charge >= 0.3 is 0 Å². The first-order chi connectivity index (χ1) is 9.29. The first kappa shape index (κ1) is 15.9. The highest BCUT2D eigenvalue weighted by Gasteiger charge is 2.27. The van der Waals surface area contributed by atoms with Crippen molar-refractivity contribution in [2.24, 2.45) is 0 Å². The maximum absolute atomic E-state index is 12.3. The Morgan fingerprint density at radius 2 is 2.00 bits per heavy atom. The molecule has 1 aliphatic carbocycles. The van der Waals surface area contributed by atoms with E-state index >= 15 is 0 Å². The largest absolute Gasteiger partial charge is 0.313 e. The van der Waals surface area contributed by atoms with Crippen LogP contribution in [-0.2, 0) is 10.0 Å². The fourth-order valence-electron chi connectivity index (χ4n) is 2.24. The van der Waals surface area contributed by atoms with Crippen LogP contribution in [0.4, 0.5) is 0 Å². The van der Waals surface area contributed by atoms with E-state index in [2.05, 4.69) is 16.1 Å². The third kappa shape index (κ3) is 4.04. The SMILES string of the molecule is Cc1cc(C(C)NS(=O)(=O)C(C)CNC2CC2)c(C)s1. The molecule has 0 bridgehead atoms. The van der Waals surface area contributed by atoms with E-state index in [-0.39, 0.29) is 6.04 Å². The lowest BCUT2D eigenvalue weighted by atomic mass is 10.1. The van der Waals surface area contributed by atoms with Gasteiger partial charge in [0.15, 0.2) is 0 Å². The molecule has 0 aliphatic heterocycles. The van der Waals surface area contributed by atoms with Crippen molar-refractivity contribution in [2.45, 2.75) is 57.9 Å². The maximum Gasteiger partial charge on any atom is 0.216 e. The van der Waals surface area contributed by atoms with Crippen LogP contribution in [0.3, 0.4) is 0 Å². The number of hydrogen-bond donors (Lipinski definition) is 2. The lowest BCUT2D eigenvalue weighted by Crippen LogP contribution is -2.40. The molecule has 6 heteroatoms. The van der Waals surface area contributed by atoms with E-state index < -0.39 is 15.3 Å². The highest BCUT2D eigenvalue weighted by Crippen LogP contribution is 2.27. The van der Waals surface area contributed by atoms with Crippen molar-refractivity contribution in [1.82, 2.24) is 10.0 Å². The predicted molar refractivity (Wildman–Crippen MR) is 84.8 cm³/mol. The number of hydrogen-bond acceptors (Lipinski definition) is 4. The monoisotopic (exact) mass is 316 g/mol. The van der Waals surface area contributed by atoms with Gasteiger partial charge in [0.2, 0.25) is 10.0 Å². The Bertz CT molecular complexity index is 562. The average molecular weight is 316 g/mol. The molecule has 0 aromatic carbocycles. The summed E-state index contributed by atoms with van der Waals surface area (Å²) in [6.45, 7) is 8.28. The molecule has 114 valence electrons. The summed E-state index contributed by atoms with van der Waals surface area (Å²) in [7, 11) is -3.29. The van der Waals surface area contributed by atoms with Gasteiger partial charge in [0.25, 0.3) is 0 Å². The summed E-state index contributed by atoms with van der Waals surface area (Å²) >= 11 is 1.71. The number of rotatable bonds is 7. The molecule has 4 nitrogen and oxygen atoms in total. The second kappa shape index (κ2) is 6.13. The number of nitrogens with one attached hydrogen (secondary N) is 2. The molecule has 2 rings (SSSR count). The summed E-state index contributed by atoms with van der Waals surface area (Å²) in [6, 6.07) is 2.43. The van der Waals surface area contributed by atoms with E-state index in [1.165, 1.54) is 22.6 Å². The van der Waals surface area contributed by atoms with Gasteiger partial charge in [-0.2, -0.15) is 0 Å². The maximum atomic E-state index is 12.3. The van der Waals surface area contributed by atoms with Crippen LogP contribution in [0.25, 0.3) is 0 Å². The van der Waals surface area contributed by atoms with Gasteiger partial charge in [0.05, 0.1) is 5.25 Å². The second-order valence-electron chi connectivity index (χ2n) is 5.75. The van der Waals surface area contributed by atoms with Crippen molar-refractivity contribution >= 4 is 21.4 Å². The normalized spacial score (nSPS) is 19.0. The molecule has 20 heavy (non-hydrogen) atoms. The molecule has 1 fully saturated rings. The Labute approximate surface area is 126 Å². The summed E-state index contributed by atoms with van der Waals surface area (Å²) in [5.41, 5.74) is 1.08. The van der Waals surface area contributed by atoms with Crippen molar-refractivity contribution < 1.29 is 8.42 Å². The van der Waals surface area contributed by atoms with Crippen LogP contribution in [0.15, 0.2) is 6.07 Å². The van der Waals surface area contributed by atoms with Crippen molar-refractivity contribution in [3.05, 3.63) is 21.4 Å². The van der Waals surface area contributed by atoms with Crippen LogP contribution in [0.1, 0.15) is 48.0 Å². The third-order valence-electron chi connectivity index (χ3n) is 3.69. The molecule has 1 aliphatic rings. The number of aryl methyl sites for hydroxylation is 2. The molecule has 2 N–H and O–H groups in total. The van der Waals surface area contributed by atoms with Gasteiger partial charge < -0.3 is 5.32 Å². The topological polar surface area (TPSA) is 58.2 Å². The molecule has 2 atom stereocenters. The minimum Gasteiger partial charge on any atom is -0.313 e. The minimum absolute atomic E-state index is 0.173. The second-order valence-corrected chi connectivity index (χ2v) is 9.34. The van der Waals surface area contributed by atoms with Crippen LogP contribution < -0.4 is 10.0 Å². The molecule has 0 spiro atoms. The Morgan fingerprint density at radius 3 is 2.50 bits per heavy atom. The Kier molecular flexibility index (Phi) is 4.89. The first-order valence-corrected chi connectivity index (χ1v) is 9.47. The van der Waals surface area contributed by atoms with Gasteiger partial charge in [-0.3, -0.25) is 0 Å². The van der Waals surface area contributed by atoms with E-state index in [0.29, 0.717) is 12.6 Å². The smallest absolute Gasteiger partial charge is 0.216 e. The zero-order valence-corrected chi connectivity index (χ0v) is 14.2. The fourth-order valence-corrected chi connectivity index (χ4v) is 4.43. The van der Waals surface area contributed by atoms with E-state index in [1.54, 1.807) is 18.3 Å². The van der Waals surface area contributed by atoms with Crippen LogP contribution in [-0.4, -0.2) is 26.3 Å². The van der Waals surface area contributed by atoms with Crippen LogP contribution in [0.5, 0.6) is 0 Å². The number of thiophene rings is 1. The van der Waals surface area contributed by atoms with Crippen molar-refractivity contribution in [2.75, 3.05) is 6.54 Å². The number of sulfonamides is 1. The Hall–Kier alpha value is -0.430. The summed E-state index contributed by atoms with van der Waals surface area (Å²) in [6.07, 6.45) is 2.34. The zero-order valence-electron chi connectivity index (χ0n) is 12.6. The summed E-state index contributed by atoms with van der Waals surface area (Å²) in [5, 5.41) is 2.86. The van der Waals surface area contributed by atoms with Crippen LogP contribution in [0, 0.1) is 13.8 Å². The van der Waals surface area contributed by atoms with Gasteiger partial charge in [-0.05, 0) is 52.2 Å². The van der Waals surface area contributed by atoms with Crippen molar-refractivity contribution in [1.29, 1.82) is 0 Å². The molecule has 1 heterocycles. The third-order valence-corrected chi connectivity index (χ3v) is 6.58. The Balaban J connectivity index is 1.97. The molecular weight excluding hydrogens is 292 g/mol. The van der Waals surface area contributed by atoms with Crippen molar-refractivity contribution in [3.8, 4) is 0 Å². The highest BCUT2D eigenvalue weighted by molar-refractivity contribution is 7.90. The lowest BCUT2D eigenvalue weighted by molar-refractivity contribution is 0.544. The van der Waals surface area contributed by atoms with E-state index in [9.17, 15) is 8.42 Å². The van der Waals surface area contributed by atoms with Crippen LogP contribution >= 0.6 is 11.3 Å². The summed E-state index contributed by atoms with van der Waals surface area (Å²) < 4.78 is 27.4. The summed E-state index contributed by atoms with van der Waals surface area (Å²) in [4.78, 5) is 2.40. The average Bonchev–Trinajstić information content (AvgIpc) is 3.10. The predicted octanol–water partition coefficient (Wildman–Crippen LogP) is 2.49. The van der Waals surface area contributed by atoms with E-state index in [1.807, 2.05) is 20.8 Å². The van der Waals surface area contributed by atoms with Gasteiger partial charge in [-0.1, -0.05) is 0 Å². The highest BCUT2D eigenvalue weighted by atomic mass is 32.2. The molecule has 1 saturated carbocycles. The Morgan fingerprint density at radius 1 is 1.35 bits per heavy atom. The molecule has 1 aromatic rings. The molecule has 0 saturated heterocycles. The zero-order chi connectivity index (χ0) is 14.9. The lowest BCUT2D eigenvalue weighted by Gasteiger charge is -2.19. The van der Waals surface area contributed by atoms with Gasteiger partial charge in [0, 0.05) is 28.4 Å². The van der Waals surface area contributed by atoms with Gasteiger partial charge in [-0.15, -0.1) is 11.3 Å². The summed E-state index contributed by atoms with van der Waals surface area (Å²) in [5.74, 6) is 0. The first-order valence-electron chi connectivity index (χ1n) is 7.11. The van der Waals surface area contributed by atoms with Crippen LogP contribution in [0.2, 0.25) is 0 Å². The molecule has 1 aromatic heterocycles. The molecule has 2 unspecified atom stereocenters. The minimum atomic E-state index is -3.29. The van der Waals surface area contributed by atoms with Gasteiger partial charge in [0.1, 0.15) is 0 Å². The molecular formula is C14H24N2O2S2. The van der Waals surface area contributed by atoms with Gasteiger partial charge in [-0.25, -0.2) is 13.1 Å². The molecule has 0 amide bonds. The van der Waals surface area contributed by atoms with E-state index in [0.717, 1.165) is 5.56 Å². The van der Waals surface area contributed by atoms with E-state index in [4.69, 9.17) is 0 Å². The molecule has 0 radical (unpaired) electrons. The fraction of sp³-hybridized carbons (Fsp3) is 0.714.